The highest BCUT2D eigenvalue weighted by Crippen LogP contribution is 2.15. The molecule has 0 aliphatic rings. The number of hydrogen-bond acceptors (Lipinski definition) is 6. The van der Waals surface area contributed by atoms with Crippen LogP contribution >= 0.6 is 15.9 Å². The molecule has 0 aliphatic heterocycles. The maximum absolute atomic E-state index is 11.8. The van der Waals surface area contributed by atoms with Crippen molar-refractivity contribution in [2.45, 2.75) is 13.5 Å². The van der Waals surface area contributed by atoms with Crippen LogP contribution in [0.15, 0.2) is 15.5 Å². The van der Waals surface area contributed by atoms with Crippen molar-refractivity contribution < 1.29 is 13.5 Å². The van der Waals surface area contributed by atoms with Crippen molar-refractivity contribution in [3.63, 3.8) is 0 Å². The number of halogens is 1. The fourth-order valence-electron chi connectivity index (χ4n) is 1.33. The number of anilines is 1. The molecule has 9 heteroatoms. The molecular formula is C10H16BrN3O4S. The van der Waals surface area contributed by atoms with Gasteiger partial charge < -0.3 is 10.4 Å². The molecule has 1 aromatic heterocycles. The number of rotatable bonds is 7. The first-order valence-corrected chi connectivity index (χ1v) is 8.33. The van der Waals surface area contributed by atoms with Gasteiger partial charge in [0, 0.05) is 12.3 Å². The van der Waals surface area contributed by atoms with Crippen molar-refractivity contribution >= 4 is 31.5 Å². The molecule has 0 radical (unpaired) electrons. The van der Waals surface area contributed by atoms with Gasteiger partial charge in [0.05, 0.1) is 30.8 Å². The number of aliphatic hydroxyl groups excluding tert-OH is 1. The van der Waals surface area contributed by atoms with E-state index in [1.807, 2.05) is 0 Å². The van der Waals surface area contributed by atoms with Crippen LogP contribution in [0.25, 0.3) is 0 Å². The van der Waals surface area contributed by atoms with Crippen molar-refractivity contribution in [2.24, 2.45) is 0 Å². The van der Waals surface area contributed by atoms with Crippen molar-refractivity contribution in [3.05, 3.63) is 21.0 Å². The van der Waals surface area contributed by atoms with Crippen LogP contribution in [0, 0.1) is 0 Å². The summed E-state index contributed by atoms with van der Waals surface area (Å²) in [5.41, 5.74) is 0.0582. The zero-order chi connectivity index (χ0) is 14.5. The van der Waals surface area contributed by atoms with Gasteiger partial charge >= 0.3 is 0 Å². The Morgan fingerprint density at radius 2 is 2.21 bits per heavy atom. The molecular weight excluding hydrogens is 338 g/mol. The zero-order valence-electron chi connectivity index (χ0n) is 10.5. The van der Waals surface area contributed by atoms with Gasteiger partial charge in [-0.1, -0.05) is 6.92 Å². The van der Waals surface area contributed by atoms with Crippen molar-refractivity contribution in [2.75, 3.05) is 30.0 Å². The largest absolute Gasteiger partial charge is 0.394 e. The van der Waals surface area contributed by atoms with Gasteiger partial charge in [-0.3, -0.25) is 4.79 Å². The molecule has 0 unspecified atom stereocenters. The monoisotopic (exact) mass is 353 g/mol. The van der Waals surface area contributed by atoms with E-state index in [2.05, 4.69) is 26.3 Å². The van der Waals surface area contributed by atoms with Crippen LogP contribution < -0.4 is 10.9 Å². The smallest absolute Gasteiger partial charge is 0.283 e. The number of aromatic nitrogens is 2. The minimum Gasteiger partial charge on any atom is -0.394 e. The summed E-state index contributed by atoms with van der Waals surface area (Å²) in [5.74, 6) is 0.0852. The first-order chi connectivity index (χ1) is 8.91. The Morgan fingerprint density at radius 1 is 1.53 bits per heavy atom. The Kier molecular flexibility index (Phi) is 5.95. The molecule has 0 fully saturated rings. The summed E-state index contributed by atoms with van der Waals surface area (Å²) in [7, 11) is -3.04. The van der Waals surface area contributed by atoms with E-state index in [1.165, 1.54) is 6.20 Å². The maximum atomic E-state index is 11.8. The van der Waals surface area contributed by atoms with Gasteiger partial charge in [0.15, 0.2) is 9.84 Å². The Bertz CT molecular complexity index is 585. The quantitative estimate of drug-likeness (QED) is 0.706. The summed E-state index contributed by atoms with van der Waals surface area (Å²) in [6, 6.07) is 0. The number of hydrogen-bond donors (Lipinski definition) is 2. The first-order valence-electron chi connectivity index (χ1n) is 5.72. The molecule has 1 heterocycles. The van der Waals surface area contributed by atoms with Crippen molar-refractivity contribution in [3.8, 4) is 0 Å². The van der Waals surface area contributed by atoms with Crippen molar-refractivity contribution in [1.29, 1.82) is 0 Å². The summed E-state index contributed by atoms with van der Waals surface area (Å²) >= 11 is 3.13. The van der Waals surface area contributed by atoms with Crippen LogP contribution in [0.4, 0.5) is 5.69 Å². The third-order valence-electron chi connectivity index (χ3n) is 2.47. The second-order valence-electron chi connectivity index (χ2n) is 3.79. The average Bonchev–Trinajstić information content (AvgIpc) is 2.38. The van der Waals surface area contributed by atoms with E-state index >= 15 is 0 Å². The molecule has 0 saturated carbocycles. The molecule has 0 saturated heterocycles. The Labute approximate surface area is 119 Å². The Morgan fingerprint density at radius 3 is 2.79 bits per heavy atom. The number of sulfone groups is 1. The number of nitrogens with zero attached hydrogens (tertiary/aromatic N) is 2. The second-order valence-corrected chi connectivity index (χ2v) is 7.05. The minimum atomic E-state index is -3.04. The first kappa shape index (κ1) is 16.1. The predicted octanol–water partition coefficient (Wildman–Crippen LogP) is -0.155. The predicted molar refractivity (Wildman–Crippen MR) is 76.1 cm³/mol. The minimum absolute atomic E-state index is 0.00430. The molecule has 0 spiro atoms. The number of aliphatic hydroxyl groups is 1. The molecule has 1 aromatic rings. The highest BCUT2D eigenvalue weighted by molar-refractivity contribution is 9.10. The standard InChI is InChI=1S/C10H16BrN3O4S/c1-2-19(17,18)6-3-12-8-7-13-14(4-5-15)10(16)9(8)11/h7,12,15H,2-6H2,1H3. The van der Waals surface area contributed by atoms with E-state index in [0.29, 0.717) is 5.69 Å². The highest BCUT2D eigenvalue weighted by atomic mass is 79.9. The summed E-state index contributed by atoms with van der Waals surface area (Å²) < 4.78 is 24.0. The van der Waals surface area contributed by atoms with Crippen LogP contribution in [0.1, 0.15) is 6.92 Å². The zero-order valence-corrected chi connectivity index (χ0v) is 12.9. The fraction of sp³-hybridized carbons (Fsp3) is 0.600. The van der Waals surface area contributed by atoms with E-state index in [0.717, 1.165) is 4.68 Å². The third-order valence-corrected chi connectivity index (χ3v) is 4.94. The normalized spacial score (nSPS) is 11.5. The van der Waals surface area contributed by atoms with Gasteiger partial charge in [0.25, 0.3) is 5.56 Å². The highest BCUT2D eigenvalue weighted by Gasteiger charge is 2.10. The molecule has 2 N–H and O–H groups in total. The maximum Gasteiger partial charge on any atom is 0.283 e. The lowest BCUT2D eigenvalue weighted by Crippen LogP contribution is -2.26. The fourth-order valence-corrected chi connectivity index (χ4v) is 2.48. The van der Waals surface area contributed by atoms with Crippen LogP contribution in [-0.2, 0) is 16.4 Å². The molecule has 0 bridgehead atoms. The SMILES string of the molecule is CCS(=O)(=O)CCNc1cnn(CCO)c(=O)c1Br. The van der Waals surface area contributed by atoms with E-state index in [9.17, 15) is 13.2 Å². The van der Waals surface area contributed by atoms with Gasteiger partial charge in [0.2, 0.25) is 0 Å². The van der Waals surface area contributed by atoms with Gasteiger partial charge in [0.1, 0.15) is 4.47 Å². The topological polar surface area (TPSA) is 101 Å². The van der Waals surface area contributed by atoms with E-state index < -0.39 is 9.84 Å². The summed E-state index contributed by atoms with van der Waals surface area (Å²) in [6.07, 6.45) is 1.42. The van der Waals surface area contributed by atoms with Gasteiger partial charge in [-0.25, -0.2) is 13.1 Å². The number of nitrogens with one attached hydrogen (secondary N) is 1. The molecule has 0 aliphatic carbocycles. The molecule has 7 nitrogen and oxygen atoms in total. The van der Waals surface area contributed by atoms with Gasteiger partial charge in [-0.15, -0.1) is 0 Å². The second kappa shape index (κ2) is 7.01. The van der Waals surface area contributed by atoms with Gasteiger partial charge in [-0.2, -0.15) is 5.10 Å². The van der Waals surface area contributed by atoms with Crippen molar-refractivity contribution in [1.82, 2.24) is 9.78 Å². The van der Waals surface area contributed by atoms with Crippen LogP contribution in [0.2, 0.25) is 0 Å². The lowest BCUT2D eigenvalue weighted by atomic mass is 10.4. The van der Waals surface area contributed by atoms with E-state index in [-0.39, 0.29) is 41.2 Å². The summed E-state index contributed by atoms with van der Waals surface area (Å²) in [4.78, 5) is 11.8. The molecule has 19 heavy (non-hydrogen) atoms. The third kappa shape index (κ3) is 4.59. The molecule has 108 valence electrons. The molecule has 0 atom stereocenters. The van der Waals surface area contributed by atoms with E-state index in [4.69, 9.17) is 5.11 Å². The Balaban J connectivity index is 2.76. The summed E-state index contributed by atoms with van der Waals surface area (Å²) in [6.45, 7) is 1.73. The van der Waals surface area contributed by atoms with E-state index in [1.54, 1.807) is 6.92 Å². The van der Waals surface area contributed by atoms with Crippen LogP contribution in [0.3, 0.4) is 0 Å². The molecule has 0 aromatic carbocycles. The van der Waals surface area contributed by atoms with Crippen LogP contribution in [0.5, 0.6) is 0 Å². The molecule has 0 amide bonds. The average molecular weight is 354 g/mol. The van der Waals surface area contributed by atoms with Gasteiger partial charge in [-0.05, 0) is 15.9 Å². The molecule has 1 rings (SSSR count). The lowest BCUT2D eigenvalue weighted by Gasteiger charge is -2.09. The Hall–Kier alpha value is -0.930. The lowest BCUT2D eigenvalue weighted by molar-refractivity contribution is 0.266. The van der Waals surface area contributed by atoms with Crippen LogP contribution in [-0.4, -0.2) is 48.0 Å². The summed E-state index contributed by atoms with van der Waals surface area (Å²) in [5, 5.41) is 15.5.